The lowest BCUT2D eigenvalue weighted by Crippen LogP contribution is -2.26. The van der Waals surface area contributed by atoms with Crippen molar-refractivity contribution in [2.24, 2.45) is 0 Å². The van der Waals surface area contributed by atoms with Crippen molar-refractivity contribution < 1.29 is 9.53 Å². The van der Waals surface area contributed by atoms with E-state index in [2.05, 4.69) is 11.4 Å². The van der Waals surface area contributed by atoms with Crippen LogP contribution in [-0.2, 0) is 22.6 Å². The highest BCUT2D eigenvalue weighted by atomic mass is 35.5. The molecule has 0 bridgehead atoms. The van der Waals surface area contributed by atoms with Crippen molar-refractivity contribution in [3.8, 4) is 0 Å². The topological polar surface area (TPSA) is 38.3 Å². The SMILES string of the molecule is O=C(CNCCc1cccs1)OCc1ccccc1Cl. The third kappa shape index (κ3) is 4.96. The normalized spacial score (nSPS) is 10.4. The summed E-state index contributed by atoms with van der Waals surface area (Å²) in [4.78, 5) is 12.9. The van der Waals surface area contributed by atoms with Crippen molar-refractivity contribution in [1.82, 2.24) is 5.32 Å². The lowest BCUT2D eigenvalue weighted by Gasteiger charge is -2.07. The van der Waals surface area contributed by atoms with Crippen molar-refractivity contribution in [1.29, 1.82) is 0 Å². The number of halogens is 1. The molecule has 5 heteroatoms. The molecular formula is C15H16ClNO2S. The van der Waals surface area contributed by atoms with Gasteiger partial charge in [0.25, 0.3) is 0 Å². The number of hydrogen-bond donors (Lipinski definition) is 1. The Labute approximate surface area is 127 Å². The summed E-state index contributed by atoms with van der Waals surface area (Å²) >= 11 is 7.71. The Morgan fingerprint density at radius 1 is 1.25 bits per heavy atom. The van der Waals surface area contributed by atoms with E-state index in [0.29, 0.717) is 5.02 Å². The van der Waals surface area contributed by atoms with Crippen LogP contribution in [0.3, 0.4) is 0 Å². The molecule has 106 valence electrons. The van der Waals surface area contributed by atoms with Gasteiger partial charge < -0.3 is 10.1 Å². The monoisotopic (exact) mass is 309 g/mol. The number of hydrogen-bond acceptors (Lipinski definition) is 4. The Kier molecular flexibility index (Phi) is 6.05. The summed E-state index contributed by atoms with van der Waals surface area (Å²) in [5.41, 5.74) is 0.820. The fourth-order valence-corrected chi connectivity index (χ4v) is 2.58. The van der Waals surface area contributed by atoms with Gasteiger partial charge in [0.05, 0.1) is 6.54 Å². The van der Waals surface area contributed by atoms with Crippen LogP contribution in [-0.4, -0.2) is 19.1 Å². The van der Waals surface area contributed by atoms with Gasteiger partial charge in [-0.15, -0.1) is 11.3 Å². The van der Waals surface area contributed by atoms with Crippen molar-refractivity contribution in [3.05, 3.63) is 57.2 Å². The summed E-state index contributed by atoms with van der Waals surface area (Å²) in [5, 5.41) is 5.74. The van der Waals surface area contributed by atoms with E-state index in [0.717, 1.165) is 18.5 Å². The Morgan fingerprint density at radius 2 is 2.10 bits per heavy atom. The minimum absolute atomic E-state index is 0.213. The quantitative estimate of drug-likeness (QED) is 0.630. The number of nitrogens with one attached hydrogen (secondary N) is 1. The maximum absolute atomic E-state index is 11.6. The molecule has 0 atom stereocenters. The first-order valence-corrected chi connectivity index (χ1v) is 7.63. The van der Waals surface area contributed by atoms with Gasteiger partial charge in [-0.05, 0) is 23.9 Å². The number of ether oxygens (including phenoxy) is 1. The summed E-state index contributed by atoms with van der Waals surface area (Å²) in [5.74, 6) is -0.268. The number of rotatable bonds is 7. The van der Waals surface area contributed by atoms with E-state index in [1.165, 1.54) is 4.88 Å². The molecule has 1 aromatic carbocycles. The summed E-state index contributed by atoms with van der Waals surface area (Å²) in [6, 6.07) is 11.5. The van der Waals surface area contributed by atoms with Crippen LogP contribution in [0.25, 0.3) is 0 Å². The standard InChI is InChI=1S/C15H16ClNO2S/c16-14-6-2-1-4-12(14)11-19-15(18)10-17-8-7-13-5-3-9-20-13/h1-6,9,17H,7-8,10-11H2. The third-order valence-corrected chi connectivity index (χ3v) is 4.05. The zero-order valence-corrected chi connectivity index (χ0v) is 12.5. The molecule has 1 heterocycles. The van der Waals surface area contributed by atoms with Crippen LogP contribution < -0.4 is 5.32 Å². The predicted octanol–water partition coefficient (Wildman–Crippen LogP) is 3.28. The molecule has 2 aromatic rings. The molecule has 20 heavy (non-hydrogen) atoms. The minimum atomic E-state index is -0.268. The van der Waals surface area contributed by atoms with Crippen molar-refractivity contribution in [3.63, 3.8) is 0 Å². The van der Waals surface area contributed by atoms with E-state index in [1.807, 2.05) is 29.6 Å². The van der Waals surface area contributed by atoms with E-state index in [4.69, 9.17) is 16.3 Å². The number of thiophene rings is 1. The smallest absolute Gasteiger partial charge is 0.320 e. The zero-order valence-electron chi connectivity index (χ0n) is 11.0. The largest absolute Gasteiger partial charge is 0.460 e. The molecular weight excluding hydrogens is 294 g/mol. The maximum atomic E-state index is 11.6. The number of benzene rings is 1. The highest BCUT2D eigenvalue weighted by Gasteiger charge is 2.05. The van der Waals surface area contributed by atoms with Gasteiger partial charge in [-0.1, -0.05) is 35.9 Å². The zero-order chi connectivity index (χ0) is 14.2. The van der Waals surface area contributed by atoms with Gasteiger partial charge in [-0.2, -0.15) is 0 Å². The van der Waals surface area contributed by atoms with Gasteiger partial charge in [-0.3, -0.25) is 4.79 Å². The second kappa shape index (κ2) is 8.04. The molecule has 0 spiro atoms. The molecule has 0 aliphatic carbocycles. The Bertz CT molecular complexity index is 543. The van der Waals surface area contributed by atoms with Gasteiger partial charge in [0.15, 0.2) is 0 Å². The fraction of sp³-hybridized carbons (Fsp3) is 0.267. The van der Waals surface area contributed by atoms with Crippen LogP contribution in [0.1, 0.15) is 10.4 Å². The molecule has 0 fully saturated rings. The van der Waals surface area contributed by atoms with E-state index < -0.39 is 0 Å². The molecule has 2 rings (SSSR count). The summed E-state index contributed by atoms with van der Waals surface area (Å²) < 4.78 is 5.16. The Balaban J connectivity index is 1.62. The molecule has 0 saturated heterocycles. The molecule has 3 nitrogen and oxygen atoms in total. The summed E-state index contributed by atoms with van der Waals surface area (Å²) in [6.07, 6.45) is 0.926. The van der Waals surface area contributed by atoms with Crippen LogP contribution in [0, 0.1) is 0 Å². The number of carbonyl (C=O) groups excluding carboxylic acids is 1. The first-order chi connectivity index (χ1) is 9.75. The predicted molar refractivity (Wildman–Crippen MR) is 82.1 cm³/mol. The fourth-order valence-electron chi connectivity index (χ4n) is 1.68. The molecule has 0 saturated carbocycles. The van der Waals surface area contributed by atoms with Gasteiger partial charge in [0, 0.05) is 22.0 Å². The van der Waals surface area contributed by atoms with Crippen LogP contribution >= 0.6 is 22.9 Å². The van der Waals surface area contributed by atoms with Crippen LogP contribution in [0.4, 0.5) is 0 Å². The van der Waals surface area contributed by atoms with E-state index in [-0.39, 0.29) is 19.1 Å². The average molecular weight is 310 g/mol. The molecule has 0 amide bonds. The minimum Gasteiger partial charge on any atom is -0.460 e. The molecule has 1 N–H and O–H groups in total. The lowest BCUT2D eigenvalue weighted by atomic mass is 10.2. The molecule has 0 unspecified atom stereocenters. The molecule has 1 aromatic heterocycles. The van der Waals surface area contributed by atoms with Crippen LogP contribution in [0.2, 0.25) is 5.02 Å². The van der Waals surface area contributed by atoms with E-state index in [1.54, 1.807) is 17.4 Å². The first kappa shape index (κ1) is 15.0. The second-order valence-corrected chi connectivity index (χ2v) is 5.70. The van der Waals surface area contributed by atoms with E-state index >= 15 is 0 Å². The highest BCUT2D eigenvalue weighted by Crippen LogP contribution is 2.15. The first-order valence-electron chi connectivity index (χ1n) is 6.38. The van der Waals surface area contributed by atoms with Gasteiger partial charge in [-0.25, -0.2) is 0 Å². The lowest BCUT2D eigenvalue weighted by molar-refractivity contribution is -0.143. The summed E-state index contributed by atoms with van der Waals surface area (Å²) in [6.45, 7) is 1.20. The molecule has 0 aliphatic rings. The van der Waals surface area contributed by atoms with Crippen molar-refractivity contribution in [2.45, 2.75) is 13.0 Å². The Morgan fingerprint density at radius 3 is 2.85 bits per heavy atom. The van der Waals surface area contributed by atoms with Crippen LogP contribution in [0.15, 0.2) is 41.8 Å². The third-order valence-electron chi connectivity index (χ3n) is 2.74. The average Bonchev–Trinajstić information content (AvgIpc) is 2.96. The second-order valence-electron chi connectivity index (χ2n) is 4.26. The van der Waals surface area contributed by atoms with Crippen molar-refractivity contribution in [2.75, 3.05) is 13.1 Å². The van der Waals surface area contributed by atoms with Gasteiger partial charge in [0.2, 0.25) is 0 Å². The Hall–Kier alpha value is -1.36. The van der Waals surface area contributed by atoms with E-state index in [9.17, 15) is 4.79 Å². The summed E-state index contributed by atoms with van der Waals surface area (Å²) in [7, 11) is 0. The van der Waals surface area contributed by atoms with Crippen molar-refractivity contribution >= 4 is 28.9 Å². The highest BCUT2D eigenvalue weighted by molar-refractivity contribution is 7.09. The maximum Gasteiger partial charge on any atom is 0.320 e. The molecule has 0 aliphatic heterocycles. The molecule has 0 radical (unpaired) electrons. The number of esters is 1. The van der Waals surface area contributed by atoms with Gasteiger partial charge >= 0.3 is 5.97 Å². The number of carbonyl (C=O) groups is 1. The van der Waals surface area contributed by atoms with Gasteiger partial charge in [0.1, 0.15) is 6.61 Å². The van der Waals surface area contributed by atoms with Crippen LogP contribution in [0.5, 0.6) is 0 Å².